The van der Waals surface area contributed by atoms with E-state index in [4.69, 9.17) is 62.7 Å². The van der Waals surface area contributed by atoms with Crippen LogP contribution in [0.1, 0.15) is 40.0 Å². The Kier molecular flexibility index (Phi) is 10.4. The minimum absolute atomic E-state index is 0.0308. The molecule has 4 atom stereocenters. The number of methoxy groups -OCH3 is 1. The van der Waals surface area contributed by atoms with Crippen LogP contribution in [0.15, 0.2) is 11.8 Å². The van der Waals surface area contributed by atoms with Gasteiger partial charge in [0.15, 0.2) is 3.79 Å². The van der Waals surface area contributed by atoms with E-state index in [9.17, 15) is 14.4 Å². The van der Waals surface area contributed by atoms with Gasteiger partial charge in [-0.15, -0.1) is 23.2 Å². The summed E-state index contributed by atoms with van der Waals surface area (Å²) in [5, 5.41) is 2.62. The third-order valence-corrected chi connectivity index (χ3v) is 6.72. The molecule has 1 rings (SSSR count). The van der Waals surface area contributed by atoms with Crippen molar-refractivity contribution in [1.82, 2.24) is 10.2 Å². The Morgan fingerprint density at radius 2 is 1.86 bits per heavy atom. The van der Waals surface area contributed by atoms with Crippen LogP contribution in [0.4, 0.5) is 0 Å². The highest BCUT2D eigenvalue weighted by Gasteiger charge is 2.43. The average molecular weight is 511 g/mol. The second-order valence-corrected chi connectivity index (χ2v) is 10.5. The molecule has 1 aliphatic heterocycles. The Morgan fingerprint density at radius 3 is 2.31 bits per heavy atom. The standard InChI is InChI=1S/C18H25Cl5N2O4/c1-5-14(26)24-11(7-10(3)18(21,22)23)17(28)25-12(6-9(2)16(19)20)13(29-4)8-15(25)27/h8-12,16H,5-7H2,1-4H3,(H,24,26)/t9?,10?,11?,12-/m0/s1. The van der Waals surface area contributed by atoms with Gasteiger partial charge in [0.1, 0.15) is 16.6 Å². The van der Waals surface area contributed by atoms with E-state index >= 15 is 0 Å². The molecule has 0 saturated carbocycles. The maximum atomic E-state index is 13.3. The summed E-state index contributed by atoms with van der Waals surface area (Å²) in [6, 6.07) is -1.75. The van der Waals surface area contributed by atoms with Gasteiger partial charge in [-0.25, -0.2) is 0 Å². The lowest BCUT2D eigenvalue weighted by atomic mass is 9.98. The fraction of sp³-hybridized carbons (Fsp3) is 0.722. The first-order chi connectivity index (χ1) is 13.3. The van der Waals surface area contributed by atoms with Crippen molar-refractivity contribution >= 4 is 75.7 Å². The Morgan fingerprint density at radius 1 is 1.28 bits per heavy atom. The van der Waals surface area contributed by atoms with E-state index in [2.05, 4.69) is 5.32 Å². The van der Waals surface area contributed by atoms with Crippen LogP contribution in [0.25, 0.3) is 0 Å². The van der Waals surface area contributed by atoms with Gasteiger partial charge in [0.2, 0.25) is 5.91 Å². The van der Waals surface area contributed by atoms with Gasteiger partial charge in [0.05, 0.1) is 13.2 Å². The summed E-state index contributed by atoms with van der Waals surface area (Å²) in [6.45, 7) is 5.08. The molecule has 0 spiro atoms. The second-order valence-electron chi connectivity index (χ2n) is 7.01. The van der Waals surface area contributed by atoms with Crippen LogP contribution in [0.3, 0.4) is 0 Å². The van der Waals surface area contributed by atoms with Gasteiger partial charge in [-0.1, -0.05) is 55.6 Å². The van der Waals surface area contributed by atoms with Crippen molar-refractivity contribution in [3.05, 3.63) is 11.8 Å². The van der Waals surface area contributed by atoms with Gasteiger partial charge < -0.3 is 10.1 Å². The zero-order valence-corrected chi connectivity index (χ0v) is 20.3. The molecular weight excluding hydrogens is 485 g/mol. The quantitative estimate of drug-likeness (QED) is 0.467. The number of hydrogen-bond acceptors (Lipinski definition) is 4. The van der Waals surface area contributed by atoms with Crippen LogP contribution >= 0.6 is 58.0 Å². The predicted octanol–water partition coefficient (Wildman–Crippen LogP) is 4.38. The van der Waals surface area contributed by atoms with Crippen LogP contribution < -0.4 is 5.32 Å². The van der Waals surface area contributed by atoms with Crippen molar-refractivity contribution in [1.29, 1.82) is 0 Å². The Balaban J connectivity index is 3.18. The van der Waals surface area contributed by atoms with Gasteiger partial charge in [-0.05, 0) is 18.8 Å². The first-order valence-electron chi connectivity index (χ1n) is 9.10. The molecule has 0 aromatic carbocycles. The smallest absolute Gasteiger partial charge is 0.257 e. The molecule has 1 heterocycles. The maximum Gasteiger partial charge on any atom is 0.257 e. The minimum Gasteiger partial charge on any atom is -0.499 e. The van der Waals surface area contributed by atoms with Gasteiger partial charge in [0, 0.05) is 18.4 Å². The van der Waals surface area contributed by atoms with Gasteiger partial charge in [0.25, 0.3) is 11.8 Å². The van der Waals surface area contributed by atoms with Crippen LogP contribution in [0, 0.1) is 11.8 Å². The van der Waals surface area contributed by atoms with Crippen LogP contribution in [-0.2, 0) is 19.1 Å². The van der Waals surface area contributed by atoms with Crippen molar-refractivity contribution in [3.63, 3.8) is 0 Å². The topological polar surface area (TPSA) is 75.7 Å². The zero-order valence-electron chi connectivity index (χ0n) is 16.6. The summed E-state index contributed by atoms with van der Waals surface area (Å²) in [7, 11) is 1.41. The van der Waals surface area contributed by atoms with Crippen molar-refractivity contribution < 1.29 is 19.1 Å². The number of carbonyl (C=O) groups excluding carboxylic acids is 3. The molecule has 0 bridgehead atoms. The molecule has 166 valence electrons. The number of alkyl halides is 5. The first kappa shape index (κ1) is 26.6. The third-order valence-electron chi connectivity index (χ3n) is 4.74. The van der Waals surface area contributed by atoms with Gasteiger partial charge in [-0.2, -0.15) is 0 Å². The number of nitrogens with one attached hydrogen (secondary N) is 1. The number of nitrogens with zero attached hydrogens (tertiary/aromatic N) is 1. The average Bonchev–Trinajstić information content (AvgIpc) is 2.94. The molecule has 0 fully saturated rings. The molecule has 0 aromatic rings. The Labute approximate surface area is 196 Å². The molecule has 0 aromatic heterocycles. The molecule has 1 N–H and O–H groups in total. The summed E-state index contributed by atoms with van der Waals surface area (Å²) in [5.41, 5.74) is 0. The summed E-state index contributed by atoms with van der Waals surface area (Å²) >= 11 is 29.7. The van der Waals surface area contributed by atoms with E-state index in [-0.39, 0.29) is 24.7 Å². The Bertz CT molecular complexity index is 651. The van der Waals surface area contributed by atoms with Crippen LogP contribution in [0.2, 0.25) is 0 Å². The highest BCUT2D eigenvalue weighted by Crippen LogP contribution is 2.38. The lowest BCUT2D eigenvalue weighted by Gasteiger charge is -2.32. The highest BCUT2D eigenvalue weighted by molar-refractivity contribution is 6.67. The number of imide groups is 1. The SMILES string of the molecule is CCC(=O)NC(CC(C)C(Cl)(Cl)Cl)C(=O)N1C(=O)C=C(OC)[C@@H]1CC(C)C(Cl)Cl. The normalized spacial score (nSPS) is 20.3. The molecule has 6 nitrogen and oxygen atoms in total. The molecule has 0 saturated heterocycles. The molecular formula is C18H25Cl5N2O4. The molecule has 11 heteroatoms. The second kappa shape index (κ2) is 11.3. The molecule has 0 aliphatic carbocycles. The number of rotatable bonds is 9. The van der Waals surface area contributed by atoms with Crippen LogP contribution in [0.5, 0.6) is 0 Å². The Hall–Kier alpha value is -0.400. The summed E-state index contributed by atoms with van der Waals surface area (Å²) < 4.78 is 3.64. The van der Waals surface area contributed by atoms with E-state index in [1.807, 2.05) is 0 Å². The van der Waals surface area contributed by atoms with Crippen LogP contribution in [-0.4, -0.2) is 50.4 Å². The minimum atomic E-state index is -1.64. The molecule has 3 unspecified atom stereocenters. The molecule has 0 radical (unpaired) electrons. The van der Waals surface area contributed by atoms with Gasteiger partial charge in [-0.3, -0.25) is 19.3 Å². The highest BCUT2D eigenvalue weighted by atomic mass is 35.6. The monoisotopic (exact) mass is 508 g/mol. The van der Waals surface area contributed by atoms with Crippen molar-refractivity contribution in [2.45, 2.75) is 60.7 Å². The predicted molar refractivity (Wildman–Crippen MR) is 116 cm³/mol. The summed E-state index contributed by atoms with van der Waals surface area (Å²) in [5.74, 6) is -2.01. The van der Waals surface area contributed by atoms with Gasteiger partial charge >= 0.3 is 0 Å². The largest absolute Gasteiger partial charge is 0.499 e. The maximum absolute atomic E-state index is 13.3. The summed E-state index contributed by atoms with van der Waals surface area (Å²) in [4.78, 5) is 38.2. The van der Waals surface area contributed by atoms with E-state index < -0.39 is 38.4 Å². The number of ether oxygens (including phenoxy) is 1. The van der Waals surface area contributed by atoms with Crippen molar-refractivity contribution in [3.8, 4) is 0 Å². The third kappa shape index (κ3) is 7.35. The van der Waals surface area contributed by atoms with Crippen molar-refractivity contribution in [2.75, 3.05) is 7.11 Å². The lowest BCUT2D eigenvalue weighted by molar-refractivity contribution is -0.146. The summed E-state index contributed by atoms with van der Waals surface area (Å²) in [6.07, 6.45) is 1.72. The number of carbonyl (C=O) groups is 3. The molecule has 3 amide bonds. The fourth-order valence-electron chi connectivity index (χ4n) is 2.87. The first-order valence-corrected chi connectivity index (χ1v) is 11.1. The van der Waals surface area contributed by atoms with E-state index in [1.165, 1.54) is 13.2 Å². The van der Waals surface area contributed by atoms with Crippen molar-refractivity contribution in [2.24, 2.45) is 11.8 Å². The lowest BCUT2D eigenvalue weighted by Crippen LogP contribution is -2.53. The fourth-order valence-corrected chi connectivity index (χ4v) is 3.35. The van der Waals surface area contributed by atoms with E-state index in [1.54, 1.807) is 20.8 Å². The zero-order chi connectivity index (χ0) is 22.5. The van der Waals surface area contributed by atoms with E-state index in [0.717, 1.165) is 4.90 Å². The molecule has 29 heavy (non-hydrogen) atoms. The number of halogens is 5. The number of hydrogen-bond donors (Lipinski definition) is 1. The molecule has 1 aliphatic rings. The number of amides is 3. The van der Waals surface area contributed by atoms with E-state index in [0.29, 0.717) is 12.2 Å².